The lowest BCUT2D eigenvalue weighted by Crippen LogP contribution is -2.28. The van der Waals surface area contributed by atoms with Crippen molar-refractivity contribution >= 4 is 29.3 Å². The molecule has 2 N–H and O–H groups in total. The van der Waals surface area contributed by atoms with Gasteiger partial charge in [0.15, 0.2) is 0 Å². The summed E-state index contributed by atoms with van der Waals surface area (Å²) in [6, 6.07) is 7.35. The topological polar surface area (TPSA) is 70.7 Å². The third kappa shape index (κ3) is 4.48. The van der Waals surface area contributed by atoms with Crippen LogP contribution in [0.3, 0.4) is 0 Å². The highest BCUT2D eigenvalue weighted by Crippen LogP contribution is 2.22. The minimum atomic E-state index is -0.139. The Morgan fingerprint density at radius 1 is 1.36 bits per heavy atom. The van der Waals surface area contributed by atoms with Crippen LogP contribution >= 0.6 is 23.4 Å². The van der Waals surface area contributed by atoms with Gasteiger partial charge in [-0.2, -0.15) is 0 Å². The van der Waals surface area contributed by atoms with Crippen molar-refractivity contribution in [2.75, 3.05) is 5.75 Å². The molecule has 0 unspecified atom stereocenters. The van der Waals surface area contributed by atoms with E-state index in [0.717, 1.165) is 11.4 Å². The first-order valence-corrected chi connectivity index (χ1v) is 8.42. The van der Waals surface area contributed by atoms with Crippen molar-refractivity contribution in [1.29, 1.82) is 0 Å². The van der Waals surface area contributed by atoms with Gasteiger partial charge in [0, 0.05) is 10.9 Å². The fourth-order valence-electron chi connectivity index (χ4n) is 1.90. The third-order valence-corrected chi connectivity index (χ3v) is 4.30. The minimum absolute atomic E-state index is 0.0756. The summed E-state index contributed by atoms with van der Waals surface area (Å²) >= 11 is 7.44. The smallest absolute Gasteiger partial charge is 0.230 e. The van der Waals surface area contributed by atoms with E-state index < -0.39 is 0 Å². The van der Waals surface area contributed by atoms with Gasteiger partial charge < -0.3 is 5.32 Å². The SMILES string of the molecule is CC(C)c1nc(SCC(=O)N[C@@H](C)c2ccccc2Cl)n[nH]1. The fourth-order valence-corrected chi connectivity index (χ4v) is 2.81. The molecule has 0 saturated carbocycles. The highest BCUT2D eigenvalue weighted by molar-refractivity contribution is 7.99. The van der Waals surface area contributed by atoms with Gasteiger partial charge in [0.05, 0.1) is 11.8 Å². The number of thioether (sulfide) groups is 1. The zero-order chi connectivity index (χ0) is 16.1. The standard InChI is InChI=1S/C15H19ClN4OS/c1-9(2)14-18-15(20-19-14)22-8-13(21)17-10(3)11-6-4-5-7-12(11)16/h4-7,9-10H,8H2,1-3H3,(H,17,21)(H,18,19,20)/t10-/m0/s1. The van der Waals surface area contributed by atoms with E-state index in [4.69, 9.17) is 11.6 Å². The summed E-state index contributed by atoms with van der Waals surface area (Å²) < 4.78 is 0. The van der Waals surface area contributed by atoms with Gasteiger partial charge >= 0.3 is 0 Å². The van der Waals surface area contributed by atoms with Crippen molar-refractivity contribution in [3.63, 3.8) is 0 Å². The Morgan fingerprint density at radius 2 is 2.09 bits per heavy atom. The van der Waals surface area contributed by atoms with Crippen molar-refractivity contribution in [3.05, 3.63) is 40.7 Å². The minimum Gasteiger partial charge on any atom is -0.349 e. The molecule has 0 aliphatic heterocycles. The van der Waals surface area contributed by atoms with E-state index >= 15 is 0 Å². The molecule has 0 saturated heterocycles. The number of nitrogens with zero attached hydrogens (tertiary/aromatic N) is 2. The van der Waals surface area contributed by atoms with Gasteiger partial charge in [-0.05, 0) is 18.6 Å². The van der Waals surface area contributed by atoms with Crippen LogP contribution in [0.15, 0.2) is 29.4 Å². The fraction of sp³-hybridized carbons (Fsp3) is 0.400. The maximum atomic E-state index is 12.0. The molecule has 1 aromatic heterocycles. The molecule has 2 aromatic rings. The monoisotopic (exact) mass is 338 g/mol. The zero-order valence-corrected chi connectivity index (χ0v) is 14.3. The summed E-state index contributed by atoms with van der Waals surface area (Å²) in [6.07, 6.45) is 0. The number of halogens is 1. The molecular weight excluding hydrogens is 320 g/mol. The Balaban J connectivity index is 1.86. The van der Waals surface area contributed by atoms with Crippen LogP contribution in [0.4, 0.5) is 0 Å². The highest BCUT2D eigenvalue weighted by Gasteiger charge is 2.14. The molecule has 1 heterocycles. The number of benzene rings is 1. The number of amides is 1. The Kier molecular flexibility index (Phi) is 5.85. The molecule has 7 heteroatoms. The molecule has 22 heavy (non-hydrogen) atoms. The molecular formula is C15H19ClN4OS. The Morgan fingerprint density at radius 3 is 2.73 bits per heavy atom. The van der Waals surface area contributed by atoms with Crippen LogP contribution in [-0.2, 0) is 4.79 Å². The lowest BCUT2D eigenvalue weighted by Gasteiger charge is -2.15. The van der Waals surface area contributed by atoms with Gasteiger partial charge in [0.2, 0.25) is 11.1 Å². The lowest BCUT2D eigenvalue weighted by atomic mass is 10.1. The lowest BCUT2D eigenvalue weighted by molar-refractivity contribution is -0.119. The van der Waals surface area contributed by atoms with Crippen molar-refractivity contribution in [2.24, 2.45) is 0 Å². The molecule has 0 fully saturated rings. The predicted octanol–water partition coefficient (Wildman–Crippen LogP) is 3.55. The van der Waals surface area contributed by atoms with Crippen LogP contribution in [0.25, 0.3) is 0 Å². The van der Waals surface area contributed by atoms with Crippen molar-refractivity contribution in [3.8, 4) is 0 Å². The Bertz CT molecular complexity index is 644. The average molecular weight is 339 g/mol. The predicted molar refractivity (Wildman–Crippen MR) is 89.2 cm³/mol. The summed E-state index contributed by atoms with van der Waals surface area (Å²) in [5.74, 6) is 1.31. The van der Waals surface area contributed by atoms with E-state index in [2.05, 4.69) is 20.5 Å². The number of H-pyrrole nitrogens is 1. The zero-order valence-electron chi connectivity index (χ0n) is 12.8. The van der Waals surface area contributed by atoms with Gasteiger partial charge in [-0.3, -0.25) is 9.89 Å². The first-order valence-electron chi connectivity index (χ1n) is 7.06. The van der Waals surface area contributed by atoms with Gasteiger partial charge in [-0.15, -0.1) is 5.10 Å². The van der Waals surface area contributed by atoms with E-state index in [1.807, 2.05) is 45.0 Å². The van der Waals surface area contributed by atoms with Crippen LogP contribution in [0.1, 0.15) is 44.1 Å². The first kappa shape index (κ1) is 16.8. The number of aromatic amines is 1. The molecule has 0 bridgehead atoms. The summed E-state index contributed by atoms with van der Waals surface area (Å²) in [5.41, 5.74) is 0.905. The Hall–Kier alpha value is -1.53. The molecule has 2 rings (SSSR count). The van der Waals surface area contributed by atoms with Crippen LogP contribution in [0, 0.1) is 0 Å². The summed E-state index contributed by atoms with van der Waals surface area (Å²) in [6.45, 7) is 5.98. The number of hydrogen-bond donors (Lipinski definition) is 2. The number of rotatable bonds is 6. The number of aromatic nitrogens is 3. The molecule has 1 amide bonds. The highest BCUT2D eigenvalue weighted by atomic mass is 35.5. The maximum Gasteiger partial charge on any atom is 0.230 e. The summed E-state index contributed by atoms with van der Waals surface area (Å²) in [7, 11) is 0. The normalized spacial score (nSPS) is 12.4. The van der Waals surface area contributed by atoms with Gasteiger partial charge in [-0.25, -0.2) is 4.98 Å². The molecule has 5 nitrogen and oxygen atoms in total. The van der Waals surface area contributed by atoms with E-state index in [1.54, 1.807) is 0 Å². The van der Waals surface area contributed by atoms with Crippen molar-refractivity contribution in [2.45, 2.75) is 37.9 Å². The molecule has 0 aliphatic rings. The Labute approximate surface area is 139 Å². The molecule has 118 valence electrons. The van der Waals surface area contributed by atoms with Crippen LogP contribution < -0.4 is 5.32 Å². The second kappa shape index (κ2) is 7.65. The molecule has 0 radical (unpaired) electrons. The quantitative estimate of drug-likeness (QED) is 0.790. The van der Waals surface area contributed by atoms with E-state index in [0.29, 0.717) is 10.2 Å². The second-order valence-electron chi connectivity index (χ2n) is 5.26. The van der Waals surface area contributed by atoms with Crippen molar-refractivity contribution < 1.29 is 4.79 Å². The number of carbonyl (C=O) groups excluding carboxylic acids is 1. The van der Waals surface area contributed by atoms with Crippen LogP contribution in [-0.4, -0.2) is 26.8 Å². The molecule has 1 atom stereocenters. The van der Waals surface area contributed by atoms with Gasteiger partial charge in [0.1, 0.15) is 5.82 Å². The van der Waals surface area contributed by atoms with E-state index in [-0.39, 0.29) is 23.6 Å². The van der Waals surface area contributed by atoms with Crippen LogP contribution in [0.5, 0.6) is 0 Å². The summed E-state index contributed by atoms with van der Waals surface area (Å²) in [4.78, 5) is 16.3. The van der Waals surface area contributed by atoms with Crippen LogP contribution in [0.2, 0.25) is 5.02 Å². The first-order chi connectivity index (χ1) is 10.5. The molecule has 0 spiro atoms. The van der Waals surface area contributed by atoms with Gasteiger partial charge in [-0.1, -0.05) is 55.4 Å². The molecule has 1 aromatic carbocycles. The number of hydrogen-bond acceptors (Lipinski definition) is 4. The summed E-state index contributed by atoms with van der Waals surface area (Å²) in [5, 5.41) is 11.1. The molecule has 0 aliphatic carbocycles. The third-order valence-electron chi connectivity index (χ3n) is 3.11. The van der Waals surface area contributed by atoms with Gasteiger partial charge in [0.25, 0.3) is 0 Å². The number of carbonyl (C=O) groups is 1. The van der Waals surface area contributed by atoms with E-state index in [9.17, 15) is 4.79 Å². The largest absolute Gasteiger partial charge is 0.349 e. The number of nitrogens with one attached hydrogen (secondary N) is 2. The maximum absolute atomic E-state index is 12.0. The van der Waals surface area contributed by atoms with Crippen molar-refractivity contribution in [1.82, 2.24) is 20.5 Å². The van der Waals surface area contributed by atoms with E-state index in [1.165, 1.54) is 11.8 Å². The second-order valence-corrected chi connectivity index (χ2v) is 6.61. The average Bonchev–Trinajstić information content (AvgIpc) is 2.94.